The van der Waals surface area contributed by atoms with E-state index in [1.807, 2.05) is 18.2 Å². The molecule has 0 aromatic heterocycles. The van der Waals surface area contributed by atoms with Crippen molar-refractivity contribution in [3.63, 3.8) is 0 Å². The van der Waals surface area contributed by atoms with E-state index in [1.54, 1.807) is 13.2 Å². The molecule has 1 aliphatic rings. The average molecular weight is 379 g/mol. The van der Waals surface area contributed by atoms with Crippen LogP contribution in [0.2, 0.25) is 0 Å². The molecular formula is C23H25NO4. The molecule has 0 fully saturated rings. The fourth-order valence-electron chi connectivity index (χ4n) is 3.51. The lowest BCUT2D eigenvalue weighted by Crippen LogP contribution is -2.04. The highest BCUT2D eigenvalue weighted by Gasteiger charge is 2.26. The van der Waals surface area contributed by atoms with E-state index in [-0.39, 0.29) is 23.3 Å². The zero-order chi connectivity index (χ0) is 20.6. The van der Waals surface area contributed by atoms with Crippen LogP contribution in [0.25, 0.3) is 11.6 Å². The molecule has 5 heteroatoms. The summed E-state index contributed by atoms with van der Waals surface area (Å²) < 4.78 is 5.68. The minimum absolute atomic E-state index is 0.154. The predicted octanol–water partition coefficient (Wildman–Crippen LogP) is 5.13. The summed E-state index contributed by atoms with van der Waals surface area (Å²) in [5.74, 6) is 0.153. The monoisotopic (exact) mass is 379 g/mol. The van der Waals surface area contributed by atoms with Gasteiger partial charge < -0.3 is 15.2 Å². The number of methoxy groups -OCH3 is 1. The summed E-state index contributed by atoms with van der Waals surface area (Å²) >= 11 is 0. The van der Waals surface area contributed by atoms with Crippen molar-refractivity contribution in [3.8, 4) is 5.75 Å². The first-order valence-electron chi connectivity index (χ1n) is 9.35. The Morgan fingerprint density at radius 1 is 1.07 bits per heavy atom. The molecule has 1 amide bonds. The molecule has 2 aromatic rings. The Morgan fingerprint density at radius 2 is 1.68 bits per heavy atom. The van der Waals surface area contributed by atoms with Crippen molar-refractivity contribution in [1.82, 2.24) is 0 Å². The van der Waals surface area contributed by atoms with E-state index in [1.165, 1.54) is 12.1 Å². The van der Waals surface area contributed by atoms with E-state index < -0.39 is 5.97 Å². The Morgan fingerprint density at radius 3 is 2.18 bits per heavy atom. The van der Waals surface area contributed by atoms with Gasteiger partial charge in [0.25, 0.3) is 5.91 Å². The molecule has 0 radical (unpaired) electrons. The molecule has 0 saturated heterocycles. The van der Waals surface area contributed by atoms with Crippen LogP contribution < -0.4 is 10.1 Å². The van der Waals surface area contributed by atoms with Crippen LogP contribution in [-0.2, 0) is 4.79 Å². The highest BCUT2D eigenvalue weighted by molar-refractivity contribution is 6.35. The SMILES string of the molecule is COc1c(C(C)C)cc(/C=C2/C(=O)Nc3ccc(C(=O)O)cc32)cc1C(C)C. The van der Waals surface area contributed by atoms with Crippen LogP contribution in [0.3, 0.4) is 0 Å². The van der Waals surface area contributed by atoms with Gasteiger partial charge in [0.1, 0.15) is 5.75 Å². The number of anilines is 1. The maximum Gasteiger partial charge on any atom is 0.335 e. The van der Waals surface area contributed by atoms with Crippen molar-refractivity contribution in [2.45, 2.75) is 39.5 Å². The van der Waals surface area contributed by atoms with Crippen molar-refractivity contribution in [2.24, 2.45) is 0 Å². The minimum Gasteiger partial charge on any atom is -0.496 e. The zero-order valence-electron chi connectivity index (χ0n) is 16.8. The van der Waals surface area contributed by atoms with Gasteiger partial charge in [-0.15, -0.1) is 0 Å². The van der Waals surface area contributed by atoms with Gasteiger partial charge in [0.05, 0.1) is 12.7 Å². The Kier molecular flexibility index (Phi) is 5.27. The van der Waals surface area contributed by atoms with Crippen LogP contribution in [0.15, 0.2) is 30.3 Å². The predicted molar refractivity (Wildman–Crippen MR) is 111 cm³/mol. The van der Waals surface area contributed by atoms with Gasteiger partial charge in [-0.3, -0.25) is 4.79 Å². The molecule has 0 unspecified atom stereocenters. The van der Waals surface area contributed by atoms with Gasteiger partial charge in [0, 0.05) is 16.8 Å². The average Bonchev–Trinajstić information content (AvgIpc) is 2.95. The topological polar surface area (TPSA) is 75.6 Å². The van der Waals surface area contributed by atoms with Gasteiger partial charge in [0.15, 0.2) is 0 Å². The molecule has 28 heavy (non-hydrogen) atoms. The number of hydrogen-bond acceptors (Lipinski definition) is 3. The third-order valence-electron chi connectivity index (χ3n) is 4.98. The number of nitrogens with one attached hydrogen (secondary N) is 1. The first kappa shape index (κ1) is 19.7. The molecule has 5 nitrogen and oxygen atoms in total. The second kappa shape index (κ2) is 7.50. The van der Waals surface area contributed by atoms with Gasteiger partial charge >= 0.3 is 5.97 Å². The van der Waals surface area contributed by atoms with Crippen LogP contribution >= 0.6 is 0 Å². The number of ether oxygens (including phenoxy) is 1. The third kappa shape index (κ3) is 3.52. The minimum atomic E-state index is -1.02. The van der Waals surface area contributed by atoms with E-state index in [0.29, 0.717) is 16.8 Å². The van der Waals surface area contributed by atoms with Crippen LogP contribution in [0.4, 0.5) is 5.69 Å². The van der Waals surface area contributed by atoms with Crippen molar-refractivity contribution in [2.75, 3.05) is 12.4 Å². The lowest BCUT2D eigenvalue weighted by molar-refractivity contribution is -0.110. The number of benzene rings is 2. The summed E-state index contributed by atoms with van der Waals surface area (Å²) in [4.78, 5) is 23.8. The first-order chi connectivity index (χ1) is 13.2. The quantitative estimate of drug-likeness (QED) is 0.706. The number of fused-ring (bicyclic) bond motifs is 1. The summed E-state index contributed by atoms with van der Waals surface area (Å²) in [5, 5.41) is 12.1. The number of rotatable bonds is 5. The van der Waals surface area contributed by atoms with Crippen LogP contribution in [0.5, 0.6) is 5.75 Å². The van der Waals surface area contributed by atoms with E-state index >= 15 is 0 Å². The van der Waals surface area contributed by atoms with Crippen molar-refractivity contribution in [1.29, 1.82) is 0 Å². The second-order valence-electron chi connectivity index (χ2n) is 7.62. The van der Waals surface area contributed by atoms with Gasteiger partial charge in [-0.1, -0.05) is 27.7 Å². The Bertz CT molecular complexity index is 957. The summed E-state index contributed by atoms with van der Waals surface area (Å²) in [5.41, 5.74) is 4.92. The fraction of sp³-hybridized carbons (Fsp3) is 0.304. The first-order valence-corrected chi connectivity index (χ1v) is 9.35. The highest BCUT2D eigenvalue weighted by atomic mass is 16.5. The molecule has 0 spiro atoms. The lowest BCUT2D eigenvalue weighted by atomic mass is 9.90. The third-order valence-corrected chi connectivity index (χ3v) is 4.98. The summed E-state index contributed by atoms with van der Waals surface area (Å²) in [7, 11) is 1.68. The van der Waals surface area contributed by atoms with E-state index in [0.717, 1.165) is 22.4 Å². The molecular weight excluding hydrogens is 354 g/mol. The van der Waals surface area contributed by atoms with Crippen molar-refractivity contribution >= 4 is 29.2 Å². The molecule has 146 valence electrons. The van der Waals surface area contributed by atoms with Gasteiger partial charge in [-0.25, -0.2) is 4.79 Å². The number of amides is 1. The van der Waals surface area contributed by atoms with Gasteiger partial charge in [0.2, 0.25) is 0 Å². The summed E-state index contributed by atoms with van der Waals surface area (Å²) in [6.45, 7) is 8.43. The smallest absolute Gasteiger partial charge is 0.335 e. The molecule has 0 aliphatic carbocycles. The molecule has 0 saturated carbocycles. The maximum absolute atomic E-state index is 12.5. The van der Waals surface area contributed by atoms with Gasteiger partial charge in [-0.2, -0.15) is 0 Å². The molecule has 1 aliphatic heterocycles. The Labute approximate surface area is 165 Å². The van der Waals surface area contributed by atoms with E-state index in [4.69, 9.17) is 4.74 Å². The number of carboxylic acid groups (broad SMARTS) is 1. The second-order valence-corrected chi connectivity index (χ2v) is 7.62. The maximum atomic E-state index is 12.5. The highest BCUT2D eigenvalue weighted by Crippen LogP contribution is 2.38. The molecule has 0 bridgehead atoms. The Balaban J connectivity index is 2.18. The van der Waals surface area contributed by atoms with Crippen molar-refractivity contribution in [3.05, 3.63) is 58.1 Å². The van der Waals surface area contributed by atoms with E-state index in [9.17, 15) is 14.7 Å². The standard InChI is InChI=1S/C23H25NO4/c1-12(2)16-8-14(9-17(13(3)4)21(16)28-5)10-19-18-11-15(23(26)27)6-7-20(18)24-22(19)25/h6-13H,1-5H3,(H,24,25)(H,26,27)/b19-10+. The lowest BCUT2D eigenvalue weighted by Gasteiger charge is -2.19. The normalized spacial score (nSPS) is 14.5. The molecule has 2 aromatic carbocycles. The fourth-order valence-corrected chi connectivity index (χ4v) is 3.51. The largest absolute Gasteiger partial charge is 0.496 e. The number of carbonyl (C=O) groups is 2. The molecule has 0 atom stereocenters. The Hall–Kier alpha value is -3.08. The van der Waals surface area contributed by atoms with E-state index in [2.05, 4.69) is 33.0 Å². The zero-order valence-corrected chi connectivity index (χ0v) is 16.8. The van der Waals surface area contributed by atoms with Crippen LogP contribution in [-0.4, -0.2) is 24.1 Å². The number of carboxylic acids is 1. The number of aromatic carboxylic acids is 1. The van der Waals surface area contributed by atoms with Crippen LogP contribution in [0.1, 0.15) is 72.1 Å². The number of hydrogen-bond donors (Lipinski definition) is 2. The summed E-state index contributed by atoms with van der Waals surface area (Å²) in [6.07, 6.45) is 1.82. The molecule has 3 rings (SSSR count). The van der Waals surface area contributed by atoms with Gasteiger partial charge in [-0.05, 0) is 64.9 Å². The summed E-state index contributed by atoms with van der Waals surface area (Å²) in [6, 6.07) is 8.73. The number of carbonyl (C=O) groups excluding carboxylic acids is 1. The molecule has 1 heterocycles. The van der Waals surface area contributed by atoms with Crippen LogP contribution in [0, 0.1) is 0 Å². The molecule has 2 N–H and O–H groups in total. The van der Waals surface area contributed by atoms with Crippen molar-refractivity contribution < 1.29 is 19.4 Å².